The number of hydrogen-bond donors (Lipinski definition) is 0. The maximum atomic E-state index is 12.1. The summed E-state index contributed by atoms with van der Waals surface area (Å²) in [5.41, 5.74) is 2.02. The highest BCUT2D eigenvalue weighted by Gasteiger charge is 2.44. The van der Waals surface area contributed by atoms with E-state index < -0.39 is 0 Å². The number of fused-ring (bicyclic) bond motifs is 3. The Morgan fingerprint density at radius 2 is 2.06 bits per heavy atom. The van der Waals surface area contributed by atoms with E-state index in [1.54, 1.807) is 11.8 Å². The number of para-hydroxylation sites is 1. The predicted octanol–water partition coefficient (Wildman–Crippen LogP) is 1.61. The number of hydrogen-bond acceptors (Lipinski definition) is 3. The first-order valence-electron chi connectivity index (χ1n) is 5.30. The molecular formula is C12H11NO2S. The van der Waals surface area contributed by atoms with Gasteiger partial charge < -0.3 is 0 Å². The van der Waals surface area contributed by atoms with Crippen molar-refractivity contribution in [1.29, 1.82) is 0 Å². The lowest BCUT2D eigenvalue weighted by molar-refractivity contribution is -0.122. The molecule has 2 heterocycles. The number of carbonyl (C=O) groups is 2. The van der Waals surface area contributed by atoms with Crippen LogP contribution in [0.2, 0.25) is 0 Å². The molecule has 1 amide bonds. The molecule has 1 aromatic carbocycles. The minimum absolute atomic E-state index is 0.0551. The lowest BCUT2D eigenvalue weighted by Gasteiger charge is -2.31. The molecule has 4 heteroatoms. The van der Waals surface area contributed by atoms with Crippen LogP contribution in [0, 0.1) is 0 Å². The third-order valence-electron chi connectivity index (χ3n) is 3.13. The van der Waals surface area contributed by atoms with Crippen molar-refractivity contribution >= 4 is 28.5 Å². The molecule has 1 fully saturated rings. The molecule has 0 saturated carbocycles. The molecule has 2 aliphatic heterocycles. The number of amides is 1. The Kier molecular flexibility index (Phi) is 2.07. The molecule has 2 unspecified atom stereocenters. The van der Waals surface area contributed by atoms with Crippen molar-refractivity contribution in [2.75, 3.05) is 4.90 Å². The predicted molar refractivity (Wildman–Crippen MR) is 63.5 cm³/mol. The molecule has 0 N–H and O–H groups in total. The smallest absolute Gasteiger partial charge is 0.241 e. The molecule has 0 aromatic heterocycles. The topological polar surface area (TPSA) is 37.4 Å². The second kappa shape index (κ2) is 3.35. The van der Waals surface area contributed by atoms with Crippen LogP contribution in [0.3, 0.4) is 0 Å². The first kappa shape index (κ1) is 9.90. The average molecular weight is 233 g/mol. The lowest BCUT2D eigenvalue weighted by Crippen LogP contribution is -2.50. The Hall–Kier alpha value is -1.29. The van der Waals surface area contributed by atoms with E-state index in [0.717, 1.165) is 11.3 Å². The number of anilines is 1. The Labute approximate surface area is 97.8 Å². The largest absolute Gasteiger partial charge is 0.299 e. The van der Waals surface area contributed by atoms with Crippen molar-refractivity contribution in [1.82, 2.24) is 0 Å². The van der Waals surface area contributed by atoms with Crippen molar-refractivity contribution in [2.45, 2.75) is 24.6 Å². The molecule has 0 aliphatic carbocycles. The highest BCUT2D eigenvalue weighted by Crippen LogP contribution is 2.39. The SMILES string of the molecule is CC1SC(=O)C2Cc3ccccc3N2C1=O. The number of benzene rings is 1. The summed E-state index contributed by atoms with van der Waals surface area (Å²) in [7, 11) is 0. The van der Waals surface area contributed by atoms with Crippen LogP contribution in [0.25, 0.3) is 0 Å². The van der Waals surface area contributed by atoms with E-state index in [2.05, 4.69) is 0 Å². The van der Waals surface area contributed by atoms with Crippen molar-refractivity contribution in [2.24, 2.45) is 0 Å². The van der Waals surface area contributed by atoms with Gasteiger partial charge in [-0.2, -0.15) is 0 Å². The molecule has 0 spiro atoms. The molecule has 82 valence electrons. The van der Waals surface area contributed by atoms with Gasteiger partial charge in [-0.1, -0.05) is 30.0 Å². The van der Waals surface area contributed by atoms with Gasteiger partial charge in [0, 0.05) is 12.1 Å². The van der Waals surface area contributed by atoms with Gasteiger partial charge in [-0.3, -0.25) is 14.5 Å². The number of carbonyl (C=O) groups excluding carboxylic acids is 2. The Morgan fingerprint density at radius 1 is 1.31 bits per heavy atom. The molecule has 3 rings (SSSR count). The first-order valence-corrected chi connectivity index (χ1v) is 6.18. The van der Waals surface area contributed by atoms with Crippen LogP contribution in [-0.2, 0) is 16.0 Å². The maximum absolute atomic E-state index is 12.1. The second-order valence-electron chi connectivity index (χ2n) is 4.14. The quantitative estimate of drug-likeness (QED) is 0.683. The Morgan fingerprint density at radius 3 is 2.88 bits per heavy atom. The van der Waals surface area contributed by atoms with Crippen LogP contribution in [0.1, 0.15) is 12.5 Å². The molecule has 1 saturated heterocycles. The van der Waals surface area contributed by atoms with Crippen molar-refractivity contribution in [3.8, 4) is 0 Å². The fraction of sp³-hybridized carbons (Fsp3) is 0.333. The van der Waals surface area contributed by atoms with Gasteiger partial charge in [-0.15, -0.1) is 0 Å². The number of nitrogens with zero attached hydrogens (tertiary/aromatic N) is 1. The zero-order valence-corrected chi connectivity index (χ0v) is 9.66. The van der Waals surface area contributed by atoms with Gasteiger partial charge >= 0.3 is 0 Å². The van der Waals surface area contributed by atoms with Crippen LogP contribution < -0.4 is 4.90 Å². The van der Waals surface area contributed by atoms with Gasteiger partial charge in [0.2, 0.25) is 11.0 Å². The minimum atomic E-state index is -0.272. The third-order valence-corrected chi connectivity index (χ3v) is 4.19. The molecule has 1 aromatic rings. The zero-order chi connectivity index (χ0) is 11.3. The Bertz CT molecular complexity index is 486. The normalized spacial score (nSPS) is 27.9. The van der Waals surface area contributed by atoms with Gasteiger partial charge in [0.15, 0.2) is 0 Å². The van der Waals surface area contributed by atoms with E-state index in [-0.39, 0.29) is 22.3 Å². The number of thioether (sulfide) groups is 1. The molecule has 0 bridgehead atoms. The molecule has 0 radical (unpaired) electrons. The molecular weight excluding hydrogens is 222 g/mol. The molecule has 16 heavy (non-hydrogen) atoms. The van der Waals surface area contributed by atoms with Crippen LogP contribution >= 0.6 is 11.8 Å². The molecule has 3 nitrogen and oxygen atoms in total. The summed E-state index contributed by atoms with van der Waals surface area (Å²) in [5, 5.41) is -0.141. The van der Waals surface area contributed by atoms with Crippen LogP contribution in [0.15, 0.2) is 24.3 Å². The van der Waals surface area contributed by atoms with E-state index in [1.165, 1.54) is 11.8 Å². The van der Waals surface area contributed by atoms with E-state index in [1.807, 2.05) is 24.3 Å². The standard InChI is InChI=1S/C12H11NO2S/c1-7-11(14)13-9-5-3-2-4-8(9)6-10(13)12(15)16-7/h2-5,7,10H,6H2,1H3. The highest BCUT2D eigenvalue weighted by molar-refractivity contribution is 8.15. The van der Waals surface area contributed by atoms with Crippen molar-refractivity contribution in [3.05, 3.63) is 29.8 Å². The second-order valence-corrected chi connectivity index (χ2v) is 5.48. The third kappa shape index (κ3) is 1.23. The van der Waals surface area contributed by atoms with Crippen LogP contribution in [-0.4, -0.2) is 22.3 Å². The molecule has 2 aliphatic rings. The summed E-state index contributed by atoms with van der Waals surface area (Å²) in [5.74, 6) is 0.0551. The van der Waals surface area contributed by atoms with Crippen molar-refractivity contribution in [3.63, 3.8) is 0 Å². The van der Waals surface area contributed by atoms with E-state index in [0.29, 0.717) is 6.42 Å². The van der Waals surface area contributed by atoms with Crippen molar-refractivity contribution < 1.29 is 9.59 Å². The summed E-state index contributed by atoms with van der Waals surface area (Å²) in [6.07, 6.45) is 0.667. The van der Waals surface area contributed by atoms with E-state index in [9.17, 15) is 9.59 Å². The lowest BCUT2D eigenvalue weighted by atomic mass is 10.1. The fourth-order valence-corrected chi connectivity index (χ4v) is 3.25. The average Bonchev–Trinajstić information content (AvgIpc) is 2.66. The summed E-state index contributed by atoms with van der Waals surface area (Å²) in [6.45, 7) is 1.79. The minimum Gasteiger partial charge on any atom is -0.299 e. The van der Waals surface area contributed by atoms with E-state index >= 15 is 0 Å². The van der Waals surface area contributed by atoms with Gasteiger partial charge in [-0.05, 0) is 18.6 Å². The Balaban J connectivity index is 2.10. The van der Waals surface area contributed by atoms with Gasteiger partial charge in [0.05, 0.1) is 5.25 Å². The highest BCUT2D eigenvalue weighted by atomic mass is 32.2. The van der Waals surface area contributed by atoms with Gasteiger partial charge in [0.1, 0.15) is 6.04 Å². The summed E-state index contributed by atoms with van der Waals surface area (Å²) in [4.78, 5) is 25.6. The van der Waals surface area contributed by atoms with Gasteiger partial charge in [-0.25, -0.2) is 0 Å². The van der Waals surface area contributed by atoms with E-state index in [4.69, 9.17) is 0 Å². The molecule has 2 atom stereocenters. The number of rotatable bonds is 0. The first-order chi connectivity index (χ1) is 7.68. The summed E-state index contributed by atoms with van der Waals surface area (Å²) >= 11 is 1.17. The monoisotopic (exact) mass is 233 g/mol. The summed E-state index contributed by atoms with van der Waals surface area (Å²) < 4.78 is 0. The van der Waals surface area contributed by atoms with Crippen LogP contribution in [0.4, 0.5) is 5.69 Å². The maximum Gasteiger partial charge on any atom is 0.241 e. The van der Waals surface area contributed by atoms with Gasteiger partial charge in [0.25, 0.3) is 0 Å². The zero-order valence-electron chi connectivity index (χ0n) is 8.84. The van der Waals surface area contributed by atoms with Crippen LogP contribution in [0.5, 0.6) is 0 Å². The summed E-state index contributed by atoms with van der Waals surface area (Å²) in [6, 6.07) is 7.49. The fourth-order valence-electron chi connectivity index (χ4n) is 2.35.